The van der Waals surface area contributed by atoms with Gasteiger partial charge in [0.1, 0.15) is 0 Å². The summed E-state index contributed by atoms with van der Waals surface area (Å²) in [5.41, 5.74) is 8.97. The first-order chi connectivity index (χ1) is 9.68. The van der Waals surface area contributed by atoms with Crippen molar-refractivity contribution in [3.05, 3.63) is 65.2 Å². The highest BCUT2D eigenvalue weighted by Crippen LogP contribution is 2.17. The Morgan fingerprint density at radius 3 is 2.60 bits per heavy atom. The van der Waals surface area contributed by atoms with E-state index in [4.69, 9.17) is 10.5 Å². The molecule has 20 heavy (non-hydrogen) atoms. The van der Waals surface area contributed by atoms with Gasteiger partial charge in [0.05, 0.1) is 12.2 Å². The number of rotatable bonds is 5. The molecule has 104 valence electrons. The quantitative estimate of drug-likeness (QED) is 0.514. The van der Waals surface area contributed by atoms with Gasteiger partial charge in [-0.15, -0.1) is 0 Å². The second-order valence-electron chi connectivity index (χ2n) is 4.76. The fourth-order valence-electron chi connectivity index (χ4n) is 2.02. The summed E-state index contributed by atoms with van der Waals surface area (Å²) in [4.78, 5) is 11.9. The lowest BCUT2D eigenvalue weighted by molar-refractivity contribution is 0.0502. The second kappa shape index (κ2) is 6.75. The number of esters is 1. The number of aryl methyl sites for hydroxylation is 2. The van der Waals surface area contributed by atoms with E-state index in [2.05, 4.69) is 12.1 Å². The van der Waals surface area contributed by atoms with E-state index in [1.165, 1.54) is 5.56 Å². The van der Waals surface area contributed by atoms with Crippen LogP contribution in [0.3, 0.4) is 0 Å². The molecule has 0 aliphatic heterocycles. The molecule has 0 spiro atoms. The Morgan fingerprint density at radius 1 is 1.10 bits per heavy atom. The highest BCUT2D eigenvalue weighted by Gasteiger charge is 2.11. The zero-order chi connectivity index (χ0) is 14.4. The molecule has 0 fully saturated rings. The minimum atomic E-state index is -0.348. The van der Waals surface area contributed by atoms with Gasteiger partial charge in [-0.3, -0.25) is 0 Å². The molecule has 0 unspecified atom stereocenters. The van der Waals surface area contributed by atoms with Crippen molar-refractivity contribution in [2.75, 3.05) is 12.3 Å². The van der Waals surface area contributed by atoms with E-state index >= 15 is 0 Å². The molecule has 2 rings (SSSR count). The number of carbonyl (C=O) groups excluding carboxylic acids is 1. The molecule has 0 aromatic heterocycles. The van der Waals surface area contributed by atoms with Crippen LogP contribution in [0.1, 0.15) is 27.9 Å². The van der Waals surface area contributed by atoms with Crippen molar-refractivity contribution in [1.82, 2.24) is 0 Å². The standard InChI is InChI=1S/C17H19NO2/c1-13-7-5-11-15(16(13)18)17(19)20-12-6-10-14-8-3-2-4-9-14/h2-5,7-9,11H,6,10,12,18H2,1H3. The second-order valence-corrected chi connectivity index (χ2v) is 4.76. The number of carbonyl (C=O) groups is 1. The Bertz CT molecular complexity index is 579. The molecule has 2 aromatic carbocycles. The number of anilines is 1. The Kier molecular flexibility index (Phi) is 4.77. The predicted molar refractivity (Wildman–Crippen MR) is 80.6 cm³/mol. The maximum absolute atomic E-state index is 11.9. The van der Waals surface area contributed by atoms with Crippen LogP contribution in [0, 0.1) is 6.92 Å². The summed E-state index contributed by atoms with van der Waals surface area (Å²) < 4.78 is 5.27. The van der Waals surface area contributed by atoms with E-state index in [9.17, 15) is 4.79 Å². The Labute approximate surface area is 119 Å². The van der Waals surface area contributed by atoms with Crippen LogP contribution in [-0.2, 0) is 11.2 Å². The lowest BCUT2D eigenvalue weighted by Gasteiger charge is -2.08. The summed E-state index contributed by atoms with van der Waals surface area (Å²) in [5, 5.41) is 0. The van der Waals surface area contributed by atoms with Crippen molar-refractivity contribution >= 4 is 11.7 Å². The summed E-state index contributed by atoms with van der Waals surface area (Å²) in [7, 11) is 0. The maximum atomic E-state index is 11.9. The van der Waals surface area contributed by atoms with E-state index in [-0.39, 0.29) is 5.97 Å². The number of para-hydroxylation sites is 1. The molecule has 0 heterocycles. The number of nitrogens with two attached hydrogens (primary N) is 1. The van der Waals surface area contributed by atoms with Crippen LogP contribution < -0.4 is 5.73 Å². The molecule has 0 aliphatic carbocycles. The number of ether oxygens (including phenoxy) is 1. The molecule has 0 aliphatic rings. The number of nitrogen functional groups attached to an aromatic ring is 1. The minimum Gasteiger partial charge on any atom is -0.462 e. The van der Waals surface area contributed by atoms with Crippen LogP contribution in [0.15, 0.2) is 48.5 Å². The van der Waals surface area contributed by atoms with Crippen molar-refractivity contribution in [3.8, 4) is 0 Å². The van der Waals surface area contributed by atoms with E-state index in [0.29, 0.717) is 17.9 Å². The third kappa shape index (κ3) is 3.60. The molecular formula is C17H19NO2. The van der Waals surface area contributed by atoms with Crippen LogP contribution in [0.2, 0.25) is 0 Å². The molecule has 2 N–H and O–H groups in total. The largest absolute Gasteiger partial charge is 0.462 e. The van der Waals surface area contributed by atoms with Crippen LogP contribution in [-0.4, -0.2) is 12.6 Å². The lowest BCUT2D eigenvalue weighted by atomic mass is 10.1. The van der Waals surface area contributed by atoms with Crippen molar-refractivity contribution in [3.63, 3.8) is 0 Å². The molecule has 0 amide bonds. The highest BCUT2D eigenvalue weighted by molar-refractivity contribution is 5.95. The van der Waals surface area contributed by atoms with Gasteiger partial charge >= 0.3 is 5.97 Å². The number of benzene rings is 2. The van der Waals surface area contributed by atoms with Crippen molar-refractivity contribution in [1.29, 1.82) is 0 Å². The molecule has 0 atom stereocenters. The summed E-state index contributed by atoms with van der Waals surface area (Å²) >= 11 is 0. The summed E-state index contributed by atoms with van der Waals surface area (Å²) in [6.45, 7) is 2.28. The topological polar surface area (TPSA) is 52.3 Å². The maximum Gasteiger partial charge on any atom is 0.340 e. The Balaban J connectivity index is 1.82. The van der Waals surface area contributed by atoms with Gasteiger partial charge in [-0.05, 0) is 37.0 Å². The molecule has 0 saturated heterocycles. The van der Waals surface area contributed by atoms with E-state index in [1.807, 2.05) is 37.3 Å². The third-order valence-electron chi connectivity index (χ3n) is 3.23. The monoisotopic (exact) mass is 269 g/mol. The molecular weight excluding hydrogens is 250 g/mol. The lowest BCUT2D eigenvalue weighted by Crippen LogP contribution is -2.10. The fraction of sp³-hybridized carbons (Fsp3) is 0.235. The van der Waals surface area contributed by atoms with Crippen LogP contribution >= 0.6 is 0 Å². The summed E-state index contributed by atoms with van der Waals surface area (Å²) in [6.07, 6.45) is 1.71. The van der Waals surface area contributed by atoms with Crippen LogP contribution in [0.25, 0.3) is 0 Å². The van der Waals surface area contributed by atoms with Gasteiger partial charge in [0.2, 0.25) is 0 Å². The fourth-order valence-corrected chi connectivity index (χ4v) is 2.02. The molecule has 0 saturated carbocycles. The van der Waals surface area contributed by atoms with E-state index in [0.717, 1.165) is 18.4 Å². The zero-order valence-corrected chi connectivity index (χ0v) is 11.6. The van der Waals surface area contributed by atoms with Gasteiger partial charge in [0, 0.05) is 5.69 Å². The van der Waals surface area contributed by atoms with Crippen molar-refractivity contribution in [2.24, 2.45) is 0 Å². The molecule has 3 nitrogen and oxygen atoms in total. The van der Waals surface area contributed by atoms with Gasteiger partial charge in [0.15, 0.2) is 0 Å². The smallest absolute Gasteiger partial charge is 0.340 e. The van der Waals surface area contributed by atoms with Gasteiger partial charge < -0.3 is 10.5 Å². The highest BCUT2D eigenvalue weighted by atomic mass is 16.5. The first-order valence-electron chi connectivity index (χ1n) is 6.74. The summed E-state index contributed by atoms with van der Waals surface area (Å²) in [6, 6.07) is 15.5. The molecule has 2 aromatic rings. The van der Waals surface area contributed by atoms with E-state index in [1.54, 1.807) is 6.07 Å². The normalized spacial score (nSPS) is 10.2. The molecule has 0 radical (unpaired) electrons. The SMILES string of the molecule is Cc1cccc(C(=O)OCCCc2ccccc2)c1N. The van der Waals surface area contributed by atoms with Crippen LogP contribution in [0.5, 0.6) is 0 Å². The number of hydrogen-bond donors (Lipinski definition) is 1. The third-order valence-corrected chi connectivity index (χ3v) is 3.23. The van der Waals surface area contributed by atoms with Crippen LogP contribution in [0.4, 0.5) is 5.69 Å². The first kappa shape index (κ1) is 14.1. The van der Waals surface area contributed by atoms with Gasteiger partial charge in [-0.1, -0.05) is 42.5 Å². The minimum absolute atomic E-state index is 0.348. The van der Waals surface area contributed by atoms with E-state index < -0.39 is 0 Å². The number of hydrogen-bond acceptors (Lipinski definition) is 3. The average Bonchev–Trinajstić information content (AvgIpc) is 2.47. The molecule has 3 heteroatoms. The first-order valence-corrected chi connectivity index (χ1v) is 6.74. The average molecular weight is 269 g/mol. The van der Waals surface area contributed by atoms with Gasteiger partial charge in [-0.25, -0.2) is 4.79 Å². The van der Waals surface area contributed by atoms with Crippen molar-refractivity contribution in [2.45, 2.75) is 19.8 Å². The molecule has 0 bridgehead atoms. The van der Waals surface area contributed by atoms with Gasteiger partial charge in [0.25, 0.3) is 0 Å². The summed E-state index contributed by atoms with van der Waals surface area (Å²) in [5.74, 6) is -0.348. The zero-order valence-electron chi connectivity index (χ0n) is 11.6. The Hall–Kier alpha value is -2.29. The van der Waals surface area contributed by atoms with Gasteiger partial charge in [-0.2, -0.15) is 0 Å². The van der Waals surface area contributed by atoms with Crippen molar-refractivity contribution < 1.29 is 9.53 Å². The predicted octanol–water partition coefficient (Wildman–Crippen LogP) is 3.37. The Morgan fingerprint density at radius 2 is 1.85 bits per heavy atom.